The van der Waals surface area contributed by atoms with Crippen LogP contribution in [-0.4, -0.2) is 0 Å². The van der Waals surface area contributed by atoms with Gasteiger partial charge in [0.05, 0.1) is 6.04 Å². The quantitative estimate of drug-likeness (QED) is 0.776. The molecule has 4 heteroatoms. The first-order valence-electron chi connectivity index (χ1n) is 6.36. The lowest BCUT2D eigenvalue weighted by atomic mass is 10.0. The highest BCUT2D eigenvalue weighted by Crippen LogP contribution is 2.26. The number of aryl methyl sites for hydroxylation is 2. The van der Waals surface area contributed by atoms with Gasteiger partial charge in [0.2, 0.25) is 0 Å². The van der Waals surface area contributed by atoms with E-state index in [0.717, 1.165) is 15.7 Å². The lowest BCUT2D eigenvalue weighted by molar-refractivity contribution is 0.571. The number of benzene rings is 2. The van der Waals surface area contributed by atoms with E-state index in [2.05, 4.69) is 21.2 Å². The maximum atomic E-state index is 13.9. The van der Waals surface area contributed by atoms with E-state index in [9.17, 15) is 8.78 Å². The number of nitrogens with one attached hydrogen (secondary N) is 1. The van der Waals surface area contributed by atoms with E-state index in [-0.39, 0.29) is 11.9 Å². The molecule has 0 spiro atoms. The van der Waals surface area contributed by atoms with Crippen LogP contribution in [0.15, 0.2) is 34.8 Å². The molecule has 0 bridgehead atoms. The zero-order valence-electron chi connectivity index (χ0n) is 11.6. The van der Waals surface area contributed by atoms with Crippen LogP contribution in [0.5, 0.6) is 0 Å². The van der Waals surface area contributed by atoms with Gasteiger partial charge in [-0.3, -0.25) is 0 Å². The van der Waals surface area contributed by atoms with Crippen molar-refractivity contribution in [3.63, 3.8) is 0 Å². The molecule has 0 radical (unpaired) electrons. The van der Waals surface area contributed by atoms with E-state index in [1.807, 2.05) is 32.0 Å². The van der Waals surface area contributed by atoms with Crippen molar-refractivity contribution in [3.05, 3.63) is 63.1 Å². The number of rotatable bonds is 3. The molecule has 2 aromatic carbocycles. The molecule has 106 valence electrons. The third-order valence-corrected chi connectivity index (χ3v) is 3.63. The second kappa shape index (κ2) is 5.92. The van der Waals surface area contributed by atoms with Crippen molar-refractivity contribution in [2.24, 2.45) is 0 Å². The van der Waals surface area contributed by atoms with Crippen molar-refractivity contribution in [1.82, 2.24) is 0 Å². The molecule has 1 unspecified atom stereocenters. The van der Waals surface area contributed by atoms with Crippen LogP contribution in [0.2, 0.25) is 0 Å². The minimum absolute atomic E-state index is 0.316. The van der Waals surface area contributed by atoms with Crippen LogP contribution in [0.25, 0.3) is 0 Å². The Morgan fingerprint density at radius 2 is 1.70 bits per heavy atom. The van der Waals surface area contributed by atoms with E-state index in [4.69, 9.17) is 0 Å². The molecule has 0 aliphatic carbocycles. The van der Waals surface area contributed by atoms with Gasteiger partial charge in [0.25, 0.3) is 0 Å². The molecule has 0 aliphatic heterocycles. The predicted molar refractivity (Wildman–Crippen MR) is 82.0 cm³/mol. The van der Waals surface area contributed by atoms with Crippen molar-refractivity contribution in [2.75, 3.05) is 5.32 Å². The van der Waals surface area contributed by atoms with Gasteiger partial charge in [-0.1, -0.05) is 15.9 Å². The molecular weight excluding hydrogens is 324 g/mol. The second-order valence-electron chi connectivity index (χ2n) is 5.01. The molecule has 0 heterocycles. The summed E-state index contributed by atoms with van der Waals surface area (Å²) in [6, 6.07) is 8.03. The van der Waals surface area contributed by atoms with Crippen LogP contribution < -0.4 is 5.32 Å². The Morgan fingerprint density at radius 1 is 1.00 bits per heavy atom. The van der Waals surface area contributed by atoms with Crippen LogP contribution in [0.4, 0.5) is 14.5 Å². The predicted octanol–water partition coefficient (Wildman–Crippen LogP) is 5.52. The van der Waals surface area contributed by atoms with E-state index in [1.54, 1.807) is 6.92 Å². The Balaban J connectivity index is 2.28. The van der Waals surface area contributed by atoms with Crippen LogP contribution in [0.1, 0.15) is 29.7 Å². The lowest BCUT2D eigenvalue weighted by Gasteiger charge is -2.18. The Hall–Kier alpha value is -1.42. The first kappa shape index (κ1) is 15.0. The van der Waals surface area contributed by atoms with Crippen molar-refractivity contribution < 1.29 is 8.78 Å². The number of halogens is 3. The zero-order chi connectivity index (χ0) is 14.9. The third kappa shape index (κ3) is 3.37. The minimum Gasteiger partial charge on any atom is -0.378 e. The van der Waals surface area contributed by atoms with E-state index < -0.39 is 5.82 Å². The number of anilines is 1. The van der Waals surface area contributed by atoms with Crippen molar-refractivity contribution in [1.29, 1.82) is 0 Å². The minimum atomic E-state index is -0.393. The van der Waals surface area contributed by atoms with Gasteiger partial charge < -0.3 is 5.32 Å². The molecule has 2 aromatic rings. The van der Waals surface area contributed by atoms with E-state index in [1.165, 1.54) is 12.1 Å². The molecule has 1 nitrogen and oxygen atoms in total. The summed E-state index contributed by atoms with van der Waals surface area (Å²) in [5.74, 6) is -0.781. The Bertz CT molecular complexity index is 620. The summed E-state index contributed by atoms with van der Waals surface area (Å²) >= 11 is 3.42. The Kier molecular flexibility index (Phi) is 4.43. The van der Waals surface area contributed by atoms with Gasteiger partial charge in [-0.25, -0.2) is 8.78 Å². The lowest BCUT2D eigenvalue weighted by Crippen LogP contribution is -2.09. The topological polar surface area (TPSA) is 12.0 Å². The summed E-state index contributed by atoms with van der Waals surface area (Å²) in [4.78, 5) is 0. The fraction of sp³-hybridized carbons (Fsp3) is 0.250. The van der Waals surface area contributed by atoms with Gasteiger partial charge in [-0.05, 0) is 62.2 Å². The number of hydrogen-bond acceptors (Lipinski definition) is 1. The smallest absolute Gasteiger partial charge is 0.128 e. The first-order chi connectivity index (χ1) is 9.36. The molecule has 1 atom stereocenters. The fourth-order valence-corrected chi connectivity index (χ4v) is 2.75. The maximum Gasteiger partial charge on any atom is 0.128 e. The average Bonchev–Trinajstić information content (AvgIpc) is 2.32. The van der Waals surface area contributed by atoms with Gasteiger partial charge in [0.15, 0.2) is 0 Å². The van der Waals surface area contributed by atoms with Crippen molar-refractivity contribution in [3.8, 4) is 0 Å². The fourth-order valence-electron chi connectivity index (χ4n) is 2.14. The van der Waals surface area contributed by atoms with Crippen LogP contribution >= 0.6 is 15.9 Å². The Morgan fingerprint density at radius 3 is 2.35 bits per heavy atom. The SMILES string of the molecule is Cc1cc(Br)cc(NC(C)c2cc(F)c(C)cc2F)c1. The maximum absolute atomic E-state index is 13.9. The monoisotopic (exact) mass is 339 g/mol. The van der Waals surface area contributed by atoms with Crippen LogP contribution in [0, 0.1) is 25.5 Å². The summed E-state index contributed by atoms with van der Waals surface area (Å²) in [5, 5.41) is 3.19. The van der Waals surface area contributed by atoms with Gasteiger partial charge in [0, 0.05) is 15.7 Å². The van der Waals surface area contributed by atoms with E-state index >= 15 is 0 Å². The molecule has 0 saturated carbocycles. The second-order valence-corrected chi connectivity index (χ2v) is 5.92. The van der Waals surface area contributed by atoms with Gasteiger partial charge in [0.1, 0.15) is 11.6 Å². The molecule has 0 fully saturated rings. The Labute approximate surface area is 126 Å². The van der Waals surface area contributed by atoms with Gasteiger partial charge >= 0.3 is 0 Å². The number of hydrogen-bond donors (Lipinski definition) is 1. The average molecular weight is 340 g/mol. The summed E-state index contributed by atoms with van der Waals surface area (Å²) in [6.07, 6.45) is 0. The highest BCUT2D eigenvalue weighted by atomic mass is 79.9. The summed E-state index contributed by atoms with van der Waals surface area (Å²) in [5.41, 5.74) is 2.59. The van der Waals surface area contributed by atoms with Gasteiger partial charge in [-0.2, -0.15) is 0 Å². The third-order valence-electron chi connectivity index (χ3n) is 3.17. The highest BCUT2D eigenvalue weighted by molar-refractivity contribution is 9.10. The summed E-state index contributed by atoms with van der Waals surface area (Å²) in [6.45, 7) is 5.34. The standard InChI is InChI=1S/C16H16BrF2N/c1-9-4-12(17)7-13(5-9)20-11(3)14-8-15(18)10(2)6-16(14)19/h4-8,11,20H,1-3H3. The molecule has 20 heavy (non-hydrogen) atoms. The molecule has 1 N–H and O–H groups in total. The van der Waals surface area contributed by atoms with Gasteiger partial charge in [-0.15, -0.1) is 0 Å². The first-order valence-corrected chi connectivity index (χ1v) is 7.15. The molecular formula is C16H16BrF2N. The van der Waals surface area contributed by atoms with Crippen molar-refractivity contribution in [2.45, 2.75) is 26.8 Å². The largest absolute Gasteiger partial charge is 0.378 e. The molecule has 0 aliphatic rings. The normalized spacial score (nSPS) is 12.3. The summed E-state index contributed by atoms with van der Waals surface area (Å²) < 4.78 is 28.5. The van der Waals surface area contributed by atoms with Crippen molar-refractivity contribution >= 4 is 21.6 Å². The molecule has 0 aromatic heterocycles. The zero-order valence-corrected chi connectivity index (χ0v) is 13.2. The summed E-state index contributed by atoms with van der Waals surface area (Å²) in [7, 11) is 0. The van der Waals surface area contributed by atoms with Crippen LogP contribution in [-0.2, 0) is 0 Å². The highest BCUT2D eigenvalue weighted by Gasteiger charge is 2.14. The molecule has 0 saturated heterocycles. The molecule has 2 rings (SSSR count). The van der Waals surface area contributed by atoms with Crippen LogP contribution in [0.3, 0.4) is 0 Å². The molecule has 0 amide bonds. The van der Waals surface area contributed by atoms with E-state index in [0.29, 0.717) is 11.1 Å².